The number of imidazole rings is 2. The van der Waals surface area contributed by atoms with Gasteiger partial charge < -0.3 is 39.1 Å². The number of hydrogen-bond acceptors (Lipinski definition) is 9. The fourth-order valence-electron chi connectivity index (χ4n) is 9.22. The van der Waals surface area contributed by atoms with Gasteiger partial charge in [0.2, 0.25) is 5.91 Å². The number of nitrogens with zero attached hydrogens (tertiary/aromatic N) is 4. The number of amides is 3. The number of hydrogen-bond donors (Lipinski definition) is 3. The normalized spacial score (nSPS) is 22.7. The fourth-order valence-corrected chi connectivity index (χ4v) is 9.22. The molecule has 1 unspecified atom stereocenters. The van der Waals surface area contributed by atoms with E-state index in [1.54, 1.807) is 7.11 Å². The number of carbonyl (C=O) groups is 3. The van der Waals surface area contributed by atoms with Crippen LogP contribution in [0.3, 0.4) is 0 Å². The number of benzene rings is 3. The Kier molecular flexibility index (Phi) is 9.37. The first-order valence-corrected chi connectivity index (χ1v) is 20.2. The van der Waals surface area contributed by atoms with Crippen molar-refractivity contribution in [2.75, 3.05) is 27.4 Å². The van der Waals surface area contributed by atoms with Crippen LogP contribution in [0.25, 0.3) is 44.2 Å². The number of methoxy groups -OCH3 is 2. The predicted molar refractivity (Wildman–Crippen MR) is 217 cm³/mol. The molecule has 3 aliphatic heterocycles. The van der Waals surface area contributed by atoms with Crippen molar-refractivity contribution in [1.29, 1.82) is 0 Å². The summed E-state index contributed by atoms with van der Waals surface area (Å²) in [4.78, 5) is 60.0. The van der Waals surface area contributed by atoms with Gasteiger partial charge in [-0.25, -0.2) is 19.6 Å². The minimum Gasteiger partial charge on any atom is -0.488 e. The van der Waals surface area contributed by atoms with Crippen molar-refractivity contribution in [3.63, 3.8) is 0 Å². The summed E-state index contributed by atoms with van der Waals surface area (Å²) in [6.07, 6.45) is 3.46. The molecule has 3 fully saturated rings. The molecule has 5 aromatic rings. The lowest BCUT2D eigenvalue weighted by Crippen LogP contribution is -2.51. The molecule has 2 saturated heterocycles. The van der Waals surface area contributed by atoms with Crippen LogP contribution in [-0.4, -0.2) is 92.9 Å². The van der Waals surface area contributed by atoms with E-state index >= 15 is 0 Å². The van der Waals surface area contributed by atoms with E-state index < -0.39 is 17.7 Å². The largest absolute Gasteiger partial charge is 0.488 e. The Morgan fingerprint density at radius 1 is 0.983 bits per heavy atom. The Balaban J connectivity index is 0.975. The Morgan fingerprint density at radius 2 is 1.81 bits per heavy atom. The maximum Gasteiger partial charge on any atom is 0.411 e. The molecule has 0 spiro atoms. The number of H-pyrrole nitrogens is 2. The van der Waals surface area contributed by atoms with Gasteiger partial charge in [0.1, 0.15) is 35.6 Å². The van der Waals surface area contributed by atoms with Crippen molar-refractivity contribution in [1.82, 2.24) is 35.1 Å². The Morgan fingerprint density at radius 3 is 2.57 bits per heavy atom. The predicted octanol–water partition coefficient (Wildman–Crippen LogP) is 7.65. The molecule has 14 heteroatoms. The average molecular weight is 790 g/mol. The molecule has 58 heavy (non-hydrogen) atoms. The minimum atomic E-state index is -0.742. The third-order valence-corrected chi connectivity index (χ3v) is 12.1. The van der Waals surface area contributed by atoms with Crippen LogP contribution in [0, 0.1) is 17.8 Å². The van der Waals surface area contributed by atoms with Crippen molar-refractivity contribution in [2.24, 2.45) is 17.8 Å². The number of aromatic amines is 2. The highest BCUT2D eigenvalue weighted by Gasteiger charge is 2.56. The molecule has 2 aromatic heterocycles. The van der Waals surface area contributed by atoms with Crippen LogP contribution in [0.1, 0.15) is 83.2 Å². The summed E-state index contributed by atoms with van der Waals surface area (Å²) in [6, 6.07) is 13.8. The van der Waals surface area contributed by atoms with Gasteiger partial charge in [-0.15, -0.1) is 0 Å². The monoisotopic (exact) mass is 789 g/mol. The van der Waals surface area contributed by atoms with Crippen LogP contribution >= 0.6 is 0 Å². The van der Waals surface area contributed by atoms with Gasteiger partial charge in [-0.3, -0.25) is 9.69 Å². The van der Waals surface area contributed by atoms with Crippen LogP contribution < -0.4 is 10.1 Å². The maximum atomic E-state index is 13.9. The molecule has 1 saturated carbocycles. The lowest BCUT2D eigenvalue weighted by atomic mass is 9.92. The molecule has 0 radical (unpaired) electrons. The number of aromatic nitrogens is 4. The van der Waals surface area contributed by atoms with Gasteiger partial charge in [0.15, 0.2) is 0 Å². The lowest BCUT2D eigenvalue weighted by molar-refractivity contribution is -0.135. The number of alkyl carbamates (subject to hydrolysis) is 1. The van der Waals surface area contributed by atoms with Crippen molar-refractivity contribution in [2.45, 2.75) is 90.3 Å². The zero-order valence-corrected chi connectivity index (χ0v) is 34.0. The molecule has 6 atom stereocenters. The SMILES string of the molecule is COC[C@H]1C[C@@H](c2ncc(-c3ccc4c(c3)COc3cc5c(ccc6[nH]c([C@@H]7C[C@H]8C[C@H]8N7C(=O)OC(C)(C)C)nc65)cc3-4)[nH]2)N(C(=O)C(NC(=O)OC)C(C)C)C1. The number of rotatable bonds is 8. The Hall–Kier alpha value is -5.63. The van der Waals surface area contributed by atoms with E-state index in [4.69, 9.17) is 28.9 Å². The second-order valence-corrected chi connectivity index (χ2v) is 17.6. The Labute approximate surface area is 337 Å². The van der Waals surface area contributed by atoms with Crippen LogP contribution in [0.5, 0.6) is 5.75 Å². The van der Waals surface area contributed by atoms with Gasteiger partial charge in [0.05, 0.1) is 48.7 Å². The zero-order valence-electron chi connectivity index (χ0n) is 34.0. The molecule has 3 aromatic carbocycles. The first kappa shape index (κ1) is 37.9. The molecule has 4 aliphatic rings. The molecule has 14 nitrogen and oxygen atoms in total. The van der Waals surface area contributed by atoms with Crippen molar-refractivity contribution < 1.29 is 33.3 Å². The summed E-state index contributed by atoms with van der Waals surface area (Å²) in [5.74, 6) is 2.55. The van der Waals surface area contributed by atoms with Crippen LogP contribution in [0.4, 0.5) is 9.59 Å². The summed E-state index contributed by atoms with van der Waals surface area (Å²) < 4.78 is 22.5. The van der Waals surface area contributed by atoms with Crippen molar-refractivity contribution in [3.05, 3.63) is 65.9 Å². The summed E-state index contributed by atoms with van der Waals surface area (Å²) in [6.45, 7) is 10.9. The highest BCUT2D eigenvalue weighted by molar-refractivity contribution is 6.07. The van der Waals surface area contributed by atoms with Crippen molar-refractivity contribution >= 4 is 39.9 Å². The Bertz CT molecular complexity index is 2430. The molecule has 0 bridgehead atoms. The second-order valence-electron chi connectivity index (χ2n) is 17.6. The molecule has 3 N–H and O–H groups in total. The highest BCUT2D eigenvalue weighted by Crippen LogP contribution is 2.54. The van der Waals surface area contributed by atoms with Gasteiger partial charge in [-0.05, 0) is 98.2 Å². The standard InChI is InChI=1S/C44H51N7O7/c1-22(2)37(49-42(53)56-7)41(52)50-19-23(20-55-6)12-34(50)39-45-18-32(47-39)25-8-10-28-27(13-25)21-57-36-17-29-24(14-30(28)36)9-11-31-38(29)48-40(46-31)35-16-26-15-33(26)51(35)43(54)58-44(3,4)5/h8-11,13-14,17-18,22-23,26,33-35,37H,12,15-16,19-21H2,1-7H3,(H,45,47)(H,46,48)(H,49,53)/t23-,26+,33+,34-,35-,37?/m0/s1. The van der Waals surface area contributed by atoms with Gasteiger partial charge in [0.25, 0.3) is 0 Å². The van der Waals surface area contributed by atoms with E-state index in [1.165, 1.54) is 7.11 Å². The first-order chi connectivity index (χ1) is 27.8. The third-order valence-electron chi connectivity index (χ3n) is 12.1. The highest BCUT2D eigenvalue weighted by atomic mass is 16.6. The number of likely N-dealkylation sites (tertiary alicyclic amines) is 2. The summed E-state index contributed by atoms with van der Waals surface area (Å²) in [5, 5.41) is 4.76. The molecule has 5 heterocycles. The second kappa shape index (κ2) is 14.3. The van der Waals surface area contributed by atoms with E-state index in [0.717, 1.165) is 74.2 Å². The van der Waals surface area contributed by atoms with Crippen LogP contribution in [-0.2, 0) is 25.6 Å². The molecule has 304 valence electrons. The smallest absolute Gasteiger partial charge is 0.411 e. The summed E-state index contributed by atoms with van der Waals surface area (Å²) >= 11 is 0. The summed E-state index contributed by atoms with van der Waals surface area (Å²) in [5.41, 5.74) is 6.16. The third kappa shape index (κ3) is 6.80. The molecule has 1 aliphatic carbocycles. The lowest BCUT2D eigenvalue weighted by Gasteiger charge is -2.30. The van der Waals surface area contributed by atoms with Gasteiger partial charge in [0, 0.05) is 36.6 Å². The number of piperidine rings is 1. The van der Waals surface area contributed by atoms with E-state index in [0.29, 0.717) is 37.9 Å². The number of carbonyl (C=O) groups excluding carboxylic acids is 3. The quantitative estimate of drug-likeness (QED) is 0.143. The molecular formula is C44H51N7O7. The van der Waals surface area contributed by atoms with Gasteiger partial charge in [-0.1, -0.05) is 32.0 Å². The van der Waals surface area contributed by atoms with E-state index in [-0.39, 0.29) is 42.0 Å². The number of fused-ring (bicyclic) bond motifs is 7. The molecular weight excluding hydrogens is 739 g/mol. The van der Waals surface area contributed by atoms with E-state index in [9.17, 15) is 14.4 Å². The van der Waals surface area contributed by atoms with Crippen LogP contribution in [0.15, 0.2) is 48.7 Å². The maximum absolute atomic E-state index is 13.9. The summed E-state index contributed by atoms with van der Waals surface area (Å²) in [7, 11) is 2.95. The molecule has 9 rings (SSSR count). The number of ether oxygens (including phenoxy) is 4. The first-order valence-electron chi connectivity index (χ1n) is 20.2. The van der Waals surface area contributed by atoms with Gasteiger partial charge >= 0.3 is 12.2 Å². The topological polar surface area (TPSA) is 164 Å². The fraction of sp³-hybridized carbons (Fsp3) is 0.477. The minimum absolute atomic E-state index is 0.119. The van der Waals surface area contributed by atoms with Crippen LogP contribution in [0.2, 0.25) is 0 Å². The zero-order chi connectivity index (χ0) is 40.6. The van der Waals surface area contributed by atoms with Crippen molar-refractivity contribution in [3.8, 4) is 28.1 Å². The average Bonchev–Trinajstić information content (AvgIpc) is 3.66. The van der Waals surface area contributed by atoms with E-state index in [1.807, 2.05) is 50.6 Å². The number of nitrogens with one attached hydrogen (secondary N) is 3. The molecule has 3 amide bonds. The van der Waals surface area contributed by atoms with E-state index in [2.05, 4.69) is 57.7 Å². The van der Waals surface area contributed by atoms with Gasteiger partial charge in [-0.2, -0.15) is 0 Å².